The third-order valence-electron chi connectivity index (χ3n) is 7.94. The highest BCUT2D eigenvalue weighted by Gasteiger charge is 2.59. The smallest absolute Gasteiger partial charge is 0.0789 e. The number of hydrogen-bond donors (Lipinski definition) is 3. The maximum Gasteiger partial charge on any atom is 0.0789 e. The van der Waals surface area contributed by atoms with Gasteiger partial charge in [0.1, 0.15) is 0 Å². The minimum absolute atomic E-state index is 0.0161. The van der Waals surface area contributed by atoms with Crippen LogP contribution in [-0.2, 0) is 0 Å². The lowest BCUT2D eigenvalue weighted by Gasteiger charge is -2.62. The zero-order valence-corrected chi connectivity index (χ0v) is 18.8. The standard InChI is InChI=1S/C20H32Br2O3/c1-18(2)14-8-13(24)11-9-20(4,16(22)10-23)17(25)7-12(11)19(14,3)6-5-15(18)21/h7,11,13-17,23-25H,5-6,8-10H2,1-4H3. The Bertz CT molecular complexity index is 563. The second kappa shape index (κ2) is 6.58. The van der Waals surface area contributed by atoms with Crippen molar-refractivity contribution in [3.8, 4) is 0 Å². The topological polar surface area (TPSA) is 60.7 Å². The normalized spacial score (nSPS) is 50.4. The van der Waals surface area contributed by atoms with Gasteiger partial charge in [-0.25, -0.2) is 0 Å². The zero-order chi connectivity index (χ0) is 18.8. The van der Waals surface area contributed by atoms with Crippen molar-refractivity contribution in [1.82, 2.24) is 0 Å². The van der Waals surface area contributed by atoms with Crippen LogP contribution in [0, 0.1) is 28.1 Å². The summed E-state index contributed by atoms with van der Waals surface area (Å²) >= 11 is 7.43. The van der Waals surface area contributed by atoms with Crippen molar-refractivity contribution in [2.24, 2.45) is 28.1 Å². The number of fused-ring (bicyclic) bond motifs is 3. The summed E-state index contributed by atoms with van der Waals surface area (Å²) in [7, 11) is 0. The number of rotatable bonds is 2. The highest BCUT2D eigenvalue weighted by molar-refractivity contribution is 9.09. The molecule has 5 heteroatoms. The van der Waals surface area contributed by atoms with Crippen LogP contribution in [0.3, 0.4) is 0 Å². The van der Waals surface area contributed by atoms with Crippen LogP contribution in [-0.4, -0.2) is 43.8 Å². The minimum Gasteiger partial charge on any atom is -0.395 e. The predicted molar refractivity (Wildman–Crippen MR) is 108 cm³/mol. The van der Waals surface area contributed by atoms with E-state index in [1.54, 1.807) is 0 Å². The fourth-order valence-electron chi connectivity index (χ4n) is 5.99. The fraction of sp³-hybridized carbons (Fsp3) is 0.900. The van der Waals surface area contributed by atoms with Crippen molar-refractivity contribution in [3.63, 3.8) is 0 Å². The number of halogens is 2. The molecular formula is C20H32Br2O3. The summed E-state index contributed by atoms with van der Waals surface area (Å²) in [4.78, 5) is 0.280. The average Bonchev–Trinajstić information content (AvgIpc) is 2.55. The van der Waals surface area contributed by atoms with Gasteiger partial charge >= 0.3 is 0 Å². The molecule has 3 nitrogen and oxygen atoms in total. The molecular weight excluding hydrogens is 448 g/mol. The first-order valence-corrected chi connectivity index (χ1v) is 11.3. The maximum absolute atomic E-state index is 11.0. The molecule has 3 rings (SSSR count). The van der Waals surface area contributed by atoms with Gasteiger partial charge in [-0.2, -0.15) is 0 Å². The van der Waals surface area contributed by atoms with E-state index in [0.717, 1.165) is 19.3 Å². The Hall–Kier alpha value is 0.580. The molecule has 0 saturated heterocycles. The third-order valence-corrected chi connectivity index (χ3v) is 10.9. The van der Waals surface area contributed by atoms with Crippen molar-refractivity contribution in [3.05, 3.63) is 11.6 Å². The van der Waals surface area contributed by atoms with Gasteiger partial charge in [0.15, 0.2) is 0 Å². The van der Waals surface area contributed by atoms with Crippen molar-refractivity contribution >= 4 is 31.9 Å². The van der Waals surface area contributed by atoms with Crippen LogP contribution in [0.2, 0.25) is 0 Å². The average molecular weight is 480 g/mol. The van der Waals surface area contributed by atoms with Gasteiger partial charge in [0, 0.05) is 21.0 Å². The largest absolute Gasteiger partial charge is 0.395 e. The first-order chi connectivity index (χ1) is 11.5. The quantitative estimate of drug-likeness (QED) is 0.414. The van der Waals surface area contributed by atoms with Crippen LogP contribution in [0.25, 0.3) is 0 Å². The molecule has 0 bridgehead atoms. The van der Waals surface area contributed by atoms with Gasteiger partial charge < -0.3 is 15.3 Å². The van der Waals surface area contributed by atoms with E-state index in [1.165, 1.54) is 5.57 Å². The maximum atomic E-state index is 11.0. The predicted octanol–water partition coefficient (Wildman–Crippen LogP) is 4.03. The molecule has 8 unspecified atom stereocenters. The zero-order valence-electron chi connectivity index (χ0n) is 15.7. The second-order valence-electron chi connectivity index (χ2n) is 9.63. The molecule has 8 atom stereocenters. The number of aliphatic hydroxyl groups is 3. The van der Waals surface area contributed by atoms with Crippen LogP contribution >= 0.6 is 31.9 Å². The molecule has 0 radical (unpaired) electrons. The van der Waals surface area contributed by atoms with Crippen LogP contribution in [0.15, 0.2) is 11.6 Å². The van der Waals surface area contributed by atoms with Gasteiger partial charge in [-0.1, -0.05) is 71.2 Å². The first-order valence-electron chi connectivity index (χ1n) is 9.45. The Morgan fingerprint density at radius 1 is 1.24 bits per heavy atom. The summed E-state index contributed by atoms with van der Waals surface area (Å²) in [6, 6.07) is 0. The van der Waals surface area contributed by atoms with Crippen molar-refractivity contribution in [2.45, 2.75) is 75.2 Å². The van der Waals surface area contributed by atoms with Gasteiger partial charge in [-0.15, -0.1) is 0 Å². The summed E-state index contributed by atoms with van der Waals surface area (Å²) in [6.07, 6.45) is 4.76. The Kier molecular flexibility index (Phi) is 5.35. The van der Waals surface area contributed by atoms with Gasteiger partial charge in [0.25, 0.3) is 0 Å². The minimum atomic E-state index is -0.608. The van der Waals surface area contributed by atoms with Crippen molar-refractivity contribution in [2.75, 3.05) is 6.61 Å². The van der Waals surface area contributed by atoms with Gasteiger partial charge in [0.2, 0.25) is 0 Å². The summed E-state index contributed by atoms with van der Waals surface area (Å²) in [5.41, 5.74) is 0.927. The Morgan fingerprint density at radius 2 is 1.88 bits per heavy atom. The molecule has 25 heavy (non-hydrogen) atoms. The van der Waals surface area contributed by atoms with E-state index < -0.39 is 11.5 Å². The molecule has 0 aliphatic heterocycles. The van der Waals surface area contributed by atoms with Crippen molar-refractivity contribution in [1.29, 1.82) is 0 Å². The van der Waals surface area contributed by atoms with Crippen LogP contribution < -0.4 is 0 Å². The van der Waals surface area contributed by atoms with Gasteiger partial charge in [-0.3, -0.25) is 0 Å². The van der Waals surface area contributed by atoms with Gasteiger partial charge in [0.05, 0.1) is 18.8 Å². The van der Waals surface area contributed by atoms with Crippen LogP contribution in [0.1, 0.15) is 53.4 Å². The molecule has 0 aromatic heterocycles. The van der Waals surface area contributed by atoms with Crippen LogP contribution in [0.5, 0.6) is 0 Å². The molecule has 2 saturated carbocycles. The molecule has 0 heterocycles. The van der Waals surface area contributed by atoms with E-state index in [1.807, 2.05) is 13.0 Å². The highest BCUT2D eigenvalue weighted by atomic mass is 79.9. The molecule has 0 aromatic carbocycles. The molecule has 0 aromatic rings. The molecule has 0 amide bonds. The fourth-order valence-corrected chi connectivity index (χ4v) is 7.00. The first kappa shape index (κ1) is 20.3. The van der Waals surface area contributed by atoms with Crippen molar-refractivity contribution < 1.29 is 15.3 Å². The van der Waals surface area contributed by atoms with Gasteiger partial charge in [-0.05, 0) is 42.4 Å². The number of hydrogen-bond acceptors (Lipinski definition) is 3. The number of alkyl halides is 2. The molecule has 144 valence electrons. The lowest BCUT2D eigenvalue weighted by molar-refractivity contribution is -0.0825. The summed E-state index contributed by atoms with van der Waals surface area (Å²) in [5.74, 6) is 0.466. The molecule has 2 fully saturated rings. The summed E-state index contributed by atoms with van der Waals surface area (Å²) in [6.45, 7) is 8.96. The lowest BCUT2D eigenvalue weighted by Crippen LogP contribution is -2.58. The summed E-state index contributed by atoms with van der Waals surface area (Å²) < 4.78 is 0. The molecule has 0 spiro atoms. The molecule has 3 aliphatic carbocycles. The van der Waals surface area contributed by atoms with E-state index in [4.69, 9.17) is 0 Å². The Morgan fingerprint density at radius 3 is 2.48 bits per heavy atom. The monoisotopic (exact) mass is 478 g/mol. The SMILES string of the molecule is CC12CCC(Br)C(C)(C)C1CC(O)C1CC(C)(C(Br)CO)C(O)C=C12. The highest BCUT2D eigenvalue weighted by Crippen LogP contribution is 2.65. The second-order valence-corrected chi connectivity index (χ2v) is 11.8. The van der Waals surface area contributed by atoms with E-state index in [2.05, 4.69) is 52.6 Å². The summed E-state index contributed by atoms with van der Waals surface area (Å²) in [5, 5.41) is 31.6. The van der Waals surface area contributed by atoms with E-state index in [-0.39, 0.29) is 34.3 Å². The van der Waals surface area contributed by atoms with E-state index >= 15 is 0 Å². The molecule has 3 aliphatic rings. The van der Waals surface area contributed by atoms with E-state index in [9.17, 15) is 15.3 Å². The third kappa shape index (κ3) is 2.91. The van der Waals surface area contributed by atoms with Crippen LogP contribution in [0.4, 0.5) is 0 Å². The van der Waals surface area contributed by atoms with E-state index in [0.29, 0.717) is 17.2 Å². The lowest BCUT2D eigenvalue weighted by atomic mass is 9.45. The Balaban J connectivity index is 2.04. The molecule has 3 N–H and O–H groups in total. The number of aliphatic hydroxyl groups excluding tert-OH is 3. The Labute approximate surface area is 168 Å².